The lowest BCUT2D eigenvalue weighted by atomic mass is 9.83. The van der Waals surface area contributed by atoms with E-state index in [2.05, 4.69) is 29.6 Å². The molecule has 146 valence electrons. The van der Waals surface area contributed by atoms with E-state index >= 15 is 0 Å². The number of hydrogen-bond acceptors (Lipinski definition) is 4. The molecule has 2 rings (SSSR count). The highest BCUT2D eigenvalue weighted by Gasteiger charge is 2.29. The van der Waals surface area contributed by atoms with Gasteiger partial charge < -0.3 is 20.3 Å². The summed E-state index contributed by atoms with van der Waals surface area (Å²) >= 11 is 0. The summed E-state index contributed by atoms with van der Waals surface area (Å²) in [5.74, 6) is 0.787. The van der Waals surface area contributed by atoms with E-state index in [1.165, 1.54) is 0 Å². The number of benzene rings is 2. The molecule has 5 heteroatoms. The van der Waals surface area contributed by atoms with Crippen LogP contribution in [-0.4, -0.2) is 45.1 Å². The van der Waals surface area contributed by atoms with Gasteiger partial charge in [0, 0.05) is 25.3 Å². The van der Waals surface area contributed by atoms with Crippen molar-refractivity contribution in [3.8, 4) is 5.75 Å². The van der Waals surface area contributed by atoms with Crippen molar-refractivity contribution < 1.29 is 9.53 Å². The number of carbonyl (C=O) groups is 1. The van der Waals surface area contributed by atoms with Gasteiger partial charge in [0.1, 0.15) is 5.75 Å². The summed E-state index contributed by atoms with van der Waals surface area (Å²) in [4.78, 5) is 14.8. The molecule has 0 atom stereocenters. The molecule has 0 saturated heterocycles. The molecule has 0 fully saturated rings. The van der Waals surface area contributed by atoms with Crippen LogP contribution < -0.4 is 15.4 Å². The maximum Gasteiger partial charge on any atom is 0.230 e. The van der Waals surface area contributed by atoms with Crippen molar-refractivity contribution in [2.45, 2.75) is 25.8 Å². The van der Waals surface area contributed by atoms with E-state index in [0.29, 0.717) is 6.54 Å². The van der Waals surface area contributed by atoms with E-state index in [-0.39, 0.29) is 5.91 Å². The SMILES string of the molecule is COc1ccc(C(C)(C)C(=O)NCc2ccc(NCCN(C)C)cc2)cc1. The molecule has 2 N–H and O–H groups in total. The first-order valence-electron chi connectivity index (χ1n) is 9.23. The summed E-state index contributed by atoms with van der Waals surface area (Å²) in [6.07, 6.45) is 0. The Hall–Kier alpha value is -2.53. The third-order valence-electron chi connectivity index (χ3n) is 4.67. The predicted molar refractivity (Wildman–Crippen MR) is 111 cm³/mol. The number of amides is 1. The number of nitrogens with one attached hydrogen (secondary N) is 2. The number of ether oxygens (including phenoxy) is 1. The fourth-order valence-corrected chi connectivity index (χ4v) is 2.71. The largest absolute Gasteiger partial charge is 0.497 e. The molecule has 1 amide bonds. The van der Waals surface area contributed by atoms with E-state index in [0.717, 1.165) is 35.7 Å². The lowest BCUT2D eigenvalue weighted by Crippen LogP contribution is -2.39. The molecule has 5 nitrogen and oxygen atoms in total. The first-order valence-corrected chi connectivity index (χ1v) is 9.23. The molecule has 0 aliphatic carbocycles. The smallest absolute Gasteiger partial charge is 0.230 e. The molecular formula is C22H31N3O2. The Labute approximate surface area is 162 Å². The van der Waals surface area contributed by atoms with Crippen LogP contribution in [0.15, 0.2) is 48.5 Å². The average Bonchev–Trinajstić information content (AvgIpc) is 2.66. The Morgan fingerprint density at radius 3 is 2.22 bits per heavy atom. The van der Waals surface area contributed by atoms with Crippen molar-refractivity contribution in [1.29, 1.82) is 0 Å². The van der Waals surface area contributed by atoms with Gasteiger partial charge in [0.15, 0.2) is 0 Å². The summed E-state index contributed by atoms with van der Waals surface area (Å²) in [5.41, 5.74) is 2.51. The zero-order chi connectivity index (χ0) is 19.9. The van der Waals surface area contributed by atoms with Gasteiger partial charge in [-0.3, -0.25) is 4.79 Å². The van der Waals surface area contributed by atoms with Gasteiger partial charge in [0.2, 0.25) is 5.91 Å². The van der Waals surface area contributed by atoms with Gasteiger partial charge in [-0.2, -0.15) is 0 Å². The standard InChI is InChI=1S/C22H31N3O2/c1-22(2,18-8-12-20(27-5)13-9-18)21(26)24-16-17-6-10-19(11-7-17)23-14-15-25(3)4/h6-13,23H,14-16H2,1-5H3,(H,24,26). The topological polar surface area (TPSA) is 53.6 Å². The van der Waals surface area contributed by atoms with Gasteiger partial charge in [-0.25, -0.2) is 0 Å². The second-order valence-electron chi connectivity index (χ2n) is 7.46. The van der Waals surface area contributed by atoms with Crippen LogP contribution in [0.1, 0.15) is 25.0 Å². The molecule has 0 radical (unpaired) electrons. The summed E-state index contributed by atoms with van der Waals surface area (Å²) in [6.45, 7) is 6.26. The first kappa shape index (κ1) is 20.8. The van der Waals surface area contributed by atoms with E-state index in [1.807, 2.05) is 62.4 Å². The molecule has 0 aliphatic rings. The monoisotopic (exact) mass is 369 g/mol. The zero-order valence-corrected chi connectivity index (χ0v) is 17.0. The molecule has 0 aliphatic heterocycles. The molecule has 0 bridgehead atoms. The Balaban J connectivity index is 1.89. The molecule has 0 heterocycles. The predicted octanol–water partition coefficient (Wildman–Crippen LogP) is 3.26. The second kappa shape index (κ2) is 9.42. The number of nitrogens with zero attached hydrogens (tertiary/aromatic N) is 1. The maximum atomic E-state index is 12.7. The van der Waals surface area contributed by atoms with Crippen LogP contribution in [0.5, 0.6) is 5.75 Å². The van der Waals surface area contributed by atoms with Crippen molar-refractivity contribution >= 4 is 11.6 Å². The van der Waals surface area contributed by atoms with Crippen molar-refractivity contribution in [3.63, 3.8) is 0 Å². The molecule has 0 unspecified atom stereocenters. The van der Waals surface area contributed by atoms with Crippen LogP contribution in [0.3, 0.4) is 0 Å². The van der Waals surface area contributed by atoms with Crippen molar-refractivity contribution in [1.82, 2.24) is 10.2 Å². The quantitative estimate of drug-likeness (QED) is 0.712. The second-order valence-corrected chi connectivity index (χ2v) is 7.46. The first-order chi connectivity index (χ1) is 12.8. The van der Waals surface area contributed by atoms with Gasteiger partial charge >= 0.3 is 0 Å². The van der Waals surface area contributed by atoms with E-state index in [9.17, 15) is 4.79 Å². The van der Waals surface area contributed by atoms with Crippen molar-refractivity contribution in [3.05, 3.63) is 59.7 Å². The van der Waals surface area contributed by atoms with Crippen LogP contribution in [0.25, 0.3) is 0 Å². The van der Waals surface area contributed by atoms with Crippen LogP contribution in [-0.2, 0) is 16.8 Å². The molecule has 0 spiro atoms. The molecule has 2 aromatic rings. The fraction of sp³-hybridized carbons (Fsp3) is 0.409. The third-order valence-corrected chi connectivity index (χ3v) is 4.67. The van der Waals surface area contributed by atoms with Gasteiger partial charge in [-0.05, 0) is 63.3 Å². The Morgan fingerprint density at radius 1 is 1.04 bits per heavy atom. The zero-order valence-electron chi connectivity index (χ0n) is 17.0. The molecule has 27 heavy (non-hydrogen) atoms. The molecule has 2 aromatic carbocycles. The maximum absolute atomic E-state index is 12.7. The highest BCUT2D eigenvalue weighted by Crippen LogP contribution is 2.25. The highest BCUT2D eigenvalue weighted by atomic mass is 16.5. The minimum atomic E-state index is -0.611. The fourth-order valence-electron chi connectivity index (χ4n) is 2.71. The number of rotatable bonds is 9. The minimum Gasteiger partial charge on any atom is -0.497 e. The summed E-state index contributed by atoms with van der Waals surface area (Å²) in [5, 5.41) is 6.43. The lowest BCUT2D eigenvalue weighted by Gasteiger charge is -2.24. The Kier molecular flexibility index (Phi) is 7.25. The Morgan fingerprint density at radius 2 is 1.67 bits per heavy atom. The number of hydrogen-bond donors (Lipinski definition) is 2. The van der Waals surface area contributed by atoms with Gasteiger partial charge in [0.05, 0.1) is 12.5 Å². The highest BCUT2D eigenvalue weighted by molar-refractivity contribution is 5.87. The lowest BCUT2D eigenvalue weighted by molar-refractivity contribution is -0.125. The van der Waals surface area contributed by atoms with Crippen LogP contribution in [0.2, 0.25) is 0 Å². The number of anilines is 1. The average molecular weight is 370 g/mol. The molecule has 0 saturated carbocycles. The number of likely N-dealkylation sites (N-methyl/N-ethyl adjacent to an activating group) is 1. The Bertz CT molecular complexity index is 722. The summed E-state index contributed by atoms with van der Waals surface area (Å²) in [7, 11) is 5.75. The van der Waals surface area contributed by atoms with Crippen LogP contribution in [0.4, 0.5) is 5.69 Å². The van der Waals surface area contributed by atoms with Crippen molar-refractivity contribution in [2.75, 3.05) is 39.6 Å². The van der Waals surface area contributed by atoms with E-state index < -0.39 is 5.41 Å². The van der Waals surface area contributed by atoms with E-state index in [1.54, 1.807) is 7.11 Å². The number of methoxy groups -OCH3 is 1. The minimum absolute atomic E-state index is 0.000788. The molecule has 0 aromatic heterocycles. The van der Waals surface area contributed by atoms with Crippen LogP contribution in [0, 0.1) is 0 Å². The van der Waals surface area contributed by atoms with Crippen molar-refractivity contribution in [2.24, 2.45) is 0 Å². The van der Waals surface area contributed by atoms with E-state index in [4.69, 9.17) is 4.74 Å². The summed E-state index contributed by atoms with van der Waals surface area (Å²) < 4.78 is 5.19. The van der Waals surface area contributed by atoms with Crippen LogP contribution >= 0.6 is 0 Å². The van der Waals surface area contributed by atoms with Gasteiger partial charge in [0.25, 0.3) is 0 Å². The third kappa shape index (κ3) is 6.00. The van der Waals surface area contributed by atoms with Gasteiger partial charge in [-0.15, -0.1) is 0 Å². The molecular weight excluding hydrogens is 338 g/mol. The van der Waals surface area contributed by atoms with Gasteiger partial charge in [-0.1, -0.05) is 24.3 Å². The normalized spacial score (nSPS) is 11.3. The number of carbonyl (C=O) groups excluding carboxylic acids is 1. The summed E-state index contributed by atoms with van der Waals surface area (Å²) in [6, 6.07) is 15.8.